The lowest BCUT2D eigenvalue weighted by atomic mass is 10.2. The van der Waals surface area contributed by atoms with E-state index < -0.39 is 0 Å². The number of hydrogen-bond acceptors (Lipinski definition) is 3. The van der Waals surface area contributed by atoms with Crippen LogP contribution in [0.1, 0.15) is 40.0 Å². The van der Waals surface area contributed by atoms with Gasteiger partial charge >= 0.3 is 0 Å². The van der Waals surface area contributed by atoms with Crippen LogP contribution in [-0.4, -0.2) is 16.4 Å². The molecular formula is C9H20N2OS. The van der Waals surface area contributed by atoms with Gasteiger partial charge in [0, 0.05) is 16.9 Å². The molecule has 0 fully saturated rings. The number of hydrazine groups is 1. The van der Waals surface area contributed by atoms with Crippen LogP contribution >= 0.6 is 11.8 Å². The Labute approximate surface area is 84.8 Å². The summed E-state index contributed by atoms with van der Waals surface area (Å²) in [6.07, 6.45) is 2.61. The fourth-order valence-corrected chi connectivity index (χ4v) is 2.21. The predicted octanol–water partition coefficient (Wildman–Crippen LogP) is 1.68. The molecule has 0 saturated carbocycles. The van der Waals surface area contributed by atoms with Crippen LogP contribution in [0, 0.1) is 0 Å². The summed E-state index contributed by atoms with van der Waals surface area (Å²) in [5, 5.41) is 1.21. The van der Waals surface area contributed by atoms with Crippen LogP contribution in [-0.2, 0) is 4.79 Å². The van der Waals surface area contributed by atoms with E-state index in [9.17, 15) is 4.79 Å². The Bertz CT molecular complexity index is 153. The number of nitrogens with one attached hydrogen (secondary N) is 1. The lowest BCUT2D eigenvalue weighted by Gasteiger charge is -2.14. The van der Waals surface area contributed by atoms with Gasteiger partial charge in [-0.15, -0.1) is 0 Å². The minimum Gasteiger partial charge on any atom is -0.294 e. The highest BCUT2D eigenvalue weighted by molar-refractivity contribution is 8.00. The Hall–Kier alpha value is -0.220. The molecule has 3 N–H and O–H groups in total. The van der Waals surface area contributed by atoms with Gasteiger partial charge in [0.05, 0.1) is 0 Å². The summed E-state index contributed by atoms with van der Waals surface area (Å²) >= 11 is 1.93. The third-order valence-electron chi connectivity index (χ3n) is 1.98. The minimum absolute atomic E-state index is 0.0726. The van der Waals surface area contributed by atoms with Crippen molar-refractivity contribution in [2.24, 2.45) is 5.84 Å². The second-order valence-electron chi connectivity index (χ2n) is 3.27. The quantitative estimate of drug-likeness (QED) is 0.393. The molecule has 0 aliphatic carbocycles. The monoisotopic (exact) mass is 204 g/mol. The molecule has 78 valence electrons. The van der Waals surface area contributed by atoms with Crippen LogP contribution in [0.5, 0.6) is 0 Å². The molecule has 0 aliphatic rings. The molecule has 0 aromatic heterocycles. The maximum Gasteiger partial charge on any atom is 0.233 e. The SMILES string of the molecule is CCC(C)SC(C)CCC(=O)NN. The van der Waals surface area contributed by atoms with Crippen molar-refractivity contribution in [2.75, 3.05) is 0 Å². The number of nitrogens with two attached hydrogens (primary N) is 1. The lowest BCUT2D eigenvalue weighted by Crippen LogP contribution is -2.30. The highest BCUT2D eigenvalue weighted by Crippen LogP contribution is 2.22. The zero-order valence-electron chi connectivity index (χ0n) is 8.67. The molecule has 2 unspecified atom stereocenters. The van der Waals surface area contributed by atoms with Crippen molar-refractivity contribution < 1.29 is 4.79 Å². The molecule has 0 heterocycles. The fraction of sp³-hybridized carbons (Fsp3) is 0.889. The van der Waals surface area contributed by atoms with Crippen LogP contribution in [0.2, 0.25) is 0 Å². The standard InChI is InChI=1S/C9H20N2OS/c1-4-7(2)13-8(3)5-6-9(12)11-10/h7-8H,4-6,10H2,1-3H3,(H,11,12). The van der Waals surface area contributed by atoms with Crippen LogP contribution in [0.3, 0.4) is 0 Å². The minimum atomic E-state index is -0.0726. The van der Waals surface area contributed by atoms with Crippen molar-refractivity contribution in [3.8, 4) is 0 Å². The Morgan fingerprint density at radius 1 is 1.46 bits per heavy atom. The number of hydrogen-bond donors (Lipinski definition) is 2. The molecule has 0 aromatic rings. The lowest BCUT2D eigenvalue weighted by molar-refractivity contribution is -0.121. The van der Waals surface area contributed by atoms with Gasteiger partial charge in [0.25, 0.3) is 0 Å². The van der Waals surface area contributed by atoms with Gasteiger partial charge in [-0.1, -0.05) is 20.8 Å². The van der Waals surface area contributed by atoms with Gasteiger partial charge in [-0.05, 0) is 12.8 Å². The summed E-state index contributed by atoms with van der Waals surface area (Å²) in [5.41, 5.74) is 2.14. The van der Waals surface area contributed by atoms with Crippen LogP contribution < -0.4 is 11.3 Å². The second-order valence-corrected chi connectivity index (χ2v) is 5.15. The van der Waals surface area contributed by atoms with E-state index in [-0.39, 0.29) is 5.91 Å². The van der Waals surface area contributed by atoms with Gasteiger partial charge in [-0.3, -0.25) is 10.2 Å². The maximum absolute atomic E-state index is 10.8. The van der Waals surface area contributed by atoms with Crippen molar-refractivity contribution in [1.82, 2.24) is 5.43 Å². The van der Waals surface area contributed by atoms with E-state index in [1.165, 1.54) is 6.42 Å². The highest BCUT2D eigenvalue weighted by atomic mass is 32.2. The number of thioether (sulfide) groups is 1. The average molecular weight is 204 g/mol. The predicted molar refractivity (Wildman–Crippen MR) is 58.4 cm³/mol. The molecule has 0 saturated heterocycles. The normalized spacial score (nSPS) is 15.1. The number of rotatable bonds is 6. The van der Waals surface area contributed by atoms with Crippen LogP contribution in [0.25, 0.3) is 0 Å². The first-order chi connectivity index (χ1) is 6.10. The molecular weight excluding hydrogens is 184 g/mol. The molecule has 1 amide bonds. The zero-order valence-corrected chi connectivity index (χ0v) is 9.49. The van der Waals surface area contributed by atoms with E-state index in [0.29, 0.717) is 16.9 Å². The number of amides is 1. The Kier molecular flexibility index (Phi) is 7.09. The summed E-state index contributed by atoms with van der Waals surface area (Å²) in [7, 11) is 0. The van der Waals surface area contributed by atoms with Crippen molar-refractivity contribution >= 4 is 17.7 Å². The first kappa shape index (κ1) is 12.8. The molecule has 0 rings (SSSR count). The first-order valence-electron chi connectivity index (χ1n) is 4.75. The summed E-state index contributed by atoms with van der Waals surface area (Å²) < 4.78 is 0. The maximum atomic E-state index is 10.8. The fourth-order valence-electron chi connectivity index (χ4n) is 0.967. The van der Waals surface area contributed by atoms with Gasteiger partial charge in [0.1, 0.15) is 0 Å². The Morgan fingerprint density at radius 2 is 2.08 bits per heavy atom. The summed E-state index contributed by atoms with van der Waals surface area (Å²) in [5.74, 6) is 4.91. The third-order valence-corrected chi connectivity index (χ3v) is 3.48. The Morgan fingerprint density at radius 3 is 2.54 bits per heavy atom. The first-order valence-corrected chi connectivity index (χ1v) is 5.69. The molecule has 3 nitrogen and oxygen atoms in total. The summed E-state index contributed by atoms with van der Waals surface area (Å²) in [4.78, 5) is 10.8. The summed E-state index contributed by atoms with van der Waals surface area (Å²) in [6.45, 7) is 6.54. The van der Waals surface area contributed by atoms with E-state index in [4.69, 9.17) is 5.84 Å². The average Bonchev–Trinajstić information content (AvgIpc) is 2.13. The zero-order chi connectivity index (χ0) is 10.3. The summed E-state index contributed by atoms with van der Waals surface area (Å²) in [6, 6.07) is 0. The number of carbonyl (C=O) groups excluding carboxylic acids is 1. The van der Waals surface area contributed by atoms with Crippen molar-refractivity contribution in [2.45, 2.75) is 50.5 Å². The highest BCUT2D eigenvalue weighted by Gasteiger charge is 2.09. The molecule has 13 heavy (non-hydrogen) atoms. The molecule has 0 aliphatic heterocycles. The van der Waals surface area contributed by atoms with Gasteiger partial charge in [0.15, 0.2) is 0 Å². The molecule has 2 atom stereocenters. The van der Waals surface area contributed by atoms with Gasteiger partial charge in [-0.25, -0.2) is 5.84 Å². The number of carbonyl (C=O) groups is 1. The van der Waals surface area contributed by atoms with E-state index in [1.807, 2.05) is 11.8 Å². The van der Waals surface area contributed by atoms with Gasteiger partial charge in [0.2, 0.25) is 5.91 Å². The largest absolute Gasteiger partial charge is 0.294 e. The third kappa shape index (κ3) is 6.90. The van der Waals surface area contributed by atoms with E-state index in [2.05, 4.69) is 26.2 Å². The molecule has 4 heteroatoms. The van der Waals surface area contributed by atoms with Gasteiger partial charge in [-0.2, -0.15) is 11.8 Å². The molecule has 0 bridgehead atoms. The Balaban J connectivity index is 3.50. The van der Waals surface area contributed by atoms with Crippen LogP contribution in [0.4, 0.5) is 0 Å². The van der Waals surface area contributed by atoms with Crippen molar-refractivity contribution in [1.29, 1.82) is 0 Å². The van der Waals surface area contributed by atoms with E-state index in [0.717, 1.165) is 6.42 Å². The molecule has 0 radical (unpaired) electrons. The van der Waals surface area contributed by atoms with Crippen LogP contribution in [0.15, 0.2) is 0 Å². The van der Waals surface area contributed by atoms with Gasteiger partial charge < -0.3 is 0 Å². The molecule has 0 spiro atoms. The molecule has 0 aromatic carbocycles. The topological polar surface area (TPSA) is 55.1 Å². The van der Waals surface area contributed by atoms with E-state index >= 15 is 0 Å². The smallest absolute Gasteiger partial charge is 0.233 e. The van der Waals surface area contributed by atoms with Crippen molar-refractivity contribution in [3.63, 3.8) is 0 Å². The van der Waals surface area contributed by atoms with E-state index in [1.54, 1.807) is 0 Å². The van der Waals surface area contributed by atoms with Crippen molar-refractivity contribution in [3.05, 3.63) is 0 Å². The second kappa shape index (κ2) is 7.21.